The van der Waals surface area contributed by atoms with Crippen LogP contribution in [0.4, 0.5) is 0 Å². The number of carbonyl (C=O) groups excluding carboxylic acids is 3. The molecule has 0 saturated carbocycles. The number of methoxy groups -OCH3 is 3. The fourth-order valence-electron chi connectivity index (χ4n) is 7.15. The van der Waals surface area contributed by atoms with Crippen molar-refractivity contribution in [3.8, 4) is 11.5 Å². The quantitative estimate of drug-likeness (QED) is 0.142. The molecule has 0 aliphatic carbocycles. The van der Waals surface area contributed by atoms with Gasteiger partial charge in [0.1, 0.15) is 11.5 Å². The van der Waals surface area contributed by atoms with Gasteiger partial charge in [0.05, 0.1) is 40.6 Å². The van der Waals surface area contributed by atoms with Crippen LogP contribution in [0.3, 0.4) is 0 Å². The Morgan fingerprint density at radius 3 is 2.27 bits per heavy atom. The molecular formula is C41H50N2O8. The van der Waals surface area contributed by atoms with Crippen molar-refractivity contribution in [1.29, 1.82) is 0 Å². The maximum atomic E-state index is 14.4. The lowest BCUT2D eigenvalue weighted by Crippen LogP contribution is -2.60. The smallest absolute Gasteiger partial charge is 0.320 e. The second-order valence-corrected chi connectivity index (χ2v) is 13.2. The van der Waals surface area contributed by atoms with Crippen LogP contribution in [0.25, 0.3) is 0 Å². The van der Waals surface area contributed by atoms with Gasteiger partial charge in [0, 0.05) is 31.1 Å². The molecule has 3 aromatic carbocycles. The van der Waals surface area contributed by atoms with E-state index in [1.165, 1.54) is 12.7 Å². The molecule has 10 heteroatoms. The van der Waals surface area contributed by atoms with Gasteiger partial charge in [-0.1, -0.05) is 66.7 Å². The molecule has 5 rings (SSSR count). The van der Waals surface area contributed by atoms with Gasteiger partial charge in [-0.25, -0.2) is 0 Å². The molecule has 0 radical (unpaired) electrons. The van der Waals surface area contributed by atoms with Gasteiger partial charge in [-0.05, 0) is 73.9 Å². The number of piperidine rings is 1. The standard InChI is InChI=1S/C41H50N2O8/c1-29-41(40(46)49-4)26-33(24-38(44)42-21-12-11-15-30-13-7-5-8-14-30)39(45)43(22-20-31-18-19-35(47-2)36(23-31)48-3)37(41)25-34(51-29)28-50-27-32-16-9-6-10-17-32/h5-10,13-14,16-19,23,25,29,33-34H,11-12,15,20-22,24,26-28H2,1-4H3,(H,42,44)/t29-,33+,34-,41+/m1/s1. The van der Waals surface area contributed by atoms with E-state index < -0.39 is 29.5 Å². The summed E-state index contributed by atoms with van der Waals surface area (Å²) >= 11 is 0. The summed E-state index contributed by atoms with van der Waals surface area (Å²) in [5, 5.41) is 3.00. The van der Waals surface area contributed by atoms with E-state index in [1.807, 2.05) is 79.7 Å². The third-order valence-corrected chi connectivity index (χ3v) is 9.85. The fraction of sp³-hybridized carbons (Fsp3) is 0.439. The minimum atomic E-state index is -1.29. The van der Waals surface area contributed by atoms with Crippen LogP contribution in [-0.2, 0) is 48.0 Å². The van der Waals surface area contributed by atoms with Gasteiger partial charge in [-0.15, -0.1) is 0 Å². The Bertz CT molecular complexity index is 1650. The summed E-state index contributed by atoms with van der Waals surface area (Å²) in [7, 11) is 4.50. The molecule has 51 heavy (non-hydrogen) atoms. The monoisotopic (exact) mass is 698 g/mol. The zero-order chi connectivity index (χ0) is 36.2. The van der Waals surface area contributed by atoms with Crippen LogP contribution in [0.2, 0.25) is 0 Å². The number of amides is 2. The number of fused-ring (bicyclic) bond motifs is 1. The Hall–Kier alpha value is -4.67. The van der Waals surface area contributed by atoms with Crippen LogP contribution in [-0.4, -0.2) is 75.9 Å². The largest absolute Gasteiger partial charge is 0.493 e. The van der Waals surface area contributed by atoms with Gasteiger partial charge in [0.15, 0.2) is 11.5 Å². The summed E-state index contributed by atoms with van der Waals surface area (Å²) < 4.78 is 28.8. The molecule has 10 nitrogen and oxygen atoms in total. The first kappa shape index (κ1) is 37.6. The van der Waals surface area contributed by atoms with Crippen molar-refractivity contribution in [2.75, 3.05) is 41.0 Å². The number of ether oxygens (including phenoxy) is 5. The van der Waals surface area contributed by atoms with E-state index >= 15 is 0 Å². The van der Waals surface area contributed by atoms with E-state index in [2.05, 4.69) is 17.4 Å². The minimum absolute atomic E-state index is 0.0489. The Morgan fingerprint density at radius 1 is 0.882 bits per heavy atom. The van der Waals surface area contributed by atoms with Gasteiger partial charge in [0.25, 0.3) is 0 Å². The van der Waals surface area contributed by atoms with E-state index in [0.717, 1.165) is 30.4 Å². The average molecular weight is 699 g/mol. The zero-order valence-corrected chi connectivity index (χ0v) is 30.1. The lowest BCUT2D eigenvalue weighted by atomic mass is 9.66. The van der Waals surface area contributed by atoms with Crippen molar-refractivity contribution < 1.29 is 38.1 Å². The van der Waals surface area contributed by atoms with Crippen molar-refractivity contribution in [3.63, 3.8) is 0 Å². The first-order valence-electron chi connectivity index (χ1n) is 17.7. The number of benzene rings is 3. The van der Waals surface area contributed by atoms with Crippen molar-refractivity contribution in [1.82, 2.24) is 10.2 Å². The SMILES string of the molecule is COC(=O)[C@]12C[C@H](CC(=O)NCCCCc3ccccc3)C(=O)N(CCc3ccc(OC)c(OC)c3)C1=C[C@H](COCc1ccccc1)O[C@@H]2C. The third kappa shape index (κ3) is 9.17. The van der Waals surface area contributed by atoms with Crippen molar-refractivity contribution in [2.45, 2.75) is 64.3 Å². The average Bonchev–Trinajstić information content (AvgIpc) is 3.15. The predicted molar refractivity (Wildman–Crippen MR) is 193 cm³/mol. The molecule has 4 atom stereocenters. The third-order valence-electron chi connectivity index (χ3n) is 9.85. The summed E-state index contributed by atoms with van der Waals surface area (Å²) in [4.78, 5) is 43.2. The Labute approximate surface area is 301 Å². The van der Waals surface area contributed by atoms with E-state index in [0.29, 0.717) is 36.8 Å². The van der Waals surface area contributed by atoms with Crippen LogP contribution in [0.1, 0.15) is 49.3 Å². The molecule has 0 aromatic heterocycles. The maximum Gasteiger partial charge on any atom is 0.320 e. The first-order chi connectivity index (χ1) is 24.8. The molecule has 3 aromatic rings. The summed E-state index contributed by atoms with van der Waals surface area (Å²) in [6, 6.07) is 25.7. The Morgan fingerprint density at radius 2 is 1.59 bits per heavy atom. The number of carbonyl (C=O) groups is 3. The molecule has 1 fully saturated rings. The minimum Gasteiger partial charge on any atom is -0.493 e. The molecule has 2 heterocycles. The van der Waals surface area contributed by atoms with Gasteiger partial charge >= 0.3 is 5.97 Å². The van der Waals surface area contributed by atoms with E-state index in [1.54, 1.807) is 19.1 Å². The number of aryl methyl sites for hydroxylation is 1. The molecule has 2 aliphatic rings. The van der Waals surface area contributed by atoms with Gasteiger partial charge in [-0.3, -0.25) is 14.4 Å². The summed E-state index contributed by atoms with van der Waals surface area (Å²) in [5.74, 6) is -0.509. The van der Waals surface area contributed by atoms with Crippen LogP contribution < -0.4 is 14.8 Å². The van der Waals surface area contributed by atoms with Crippen LogP contribution in [0, 0.1) is 11.3 Å². The first-order valence-corrected chi connectivity index (χ1v) is 17.7. The second-order valence-electron chi connectivity index (χ2n) is 13.2. The number of nitrogens with one attached hydrogen (secondary N) is 1. The van der Waals surface area contributed by atoms with E-state index in [9.17, 15) is 14.4 Å². The number of hydrogen-bond donors (Lipinski definition) is 1. The maximum absolute atomic E-state index is 14.4. The highest BCUT2D eigenvalue weighted by atomic mass is 16.6. The van der Waals surface area contributed by atoms with Crippen molar-refractivity contribution in [3.05, 3.63) is 107 Å². The summed E-state index contributed by atoms with van der Waals surface area (Å²) in [6.07, 6.45) is 3.85. The number of likely N-dealkylation sites (tertiary alicyclic amines) is 1. The van der Waals surface area contributed by atoms with Crippen LogP contribution in [0.5, 0.6) is 11.5 Å². The molecule has 2 amide bonds. The Balaban J connectivity index is 1.35. The fourth-order valence-corrected chi connectivity index (χ4v) is 7.15. The van der Waals surface area contributed by atoms with Gasteiger partial charge < -0.3 is 33.9 Å². The predicted octanol–water partition coefficient (Wildman–Crippen LogP) is 5.67. The zero-order valence-electron chi connectivity index (χ0n) is 30.1. The molecular weight excluding hydrogens is 648 g/mol. The van der Waals surface area contributed by atoms with Crippen molar-refractivity contribution in [2.24, 2.45) is 11.3 Å². The number of unbranched alkanes of at least 4 members (excludes halogenated alkanes) is 1. The highest BCUT2D eigenvalue weighted by molar-refractivity contribution is 5.92. The van der Waals surface area contributed by atoms with Gasteiger partial charge in [-0.2, -0.15) is 0 Å². The number of hydrogen-bond acceptors (Lipinski definition) is 8. The van der Waals surface area contributed by atoms with Gasteiger partial charge in [0.2, 0.25) is 11.8 Å². The lowest BCUT2D eigenvalue weighted by Gasteiger charge is -2.51. The van der Waals surface area contributed by atoms with Crippen LogP contribution in [0.15, 0.2) is 90.6 Å². The molecule has 0 unspecified atom stereocenters. The Kier molecular flexibility index (Phi) is 13.3. The molecule has 1 N–H and O–H groups in total. The molecule has 1 saturated heterocycles. The second kappa shape index (κ2) is 18.0. The number of nitrogens with zero attached hydrogens (tertiary/aromatic N) is 1. The summed E-state index contributed by atoms with van der Waals surface area (Å²) in [6.45, 7) is 3.23. The molecule has 272 valence electrons. The van der Waals surface area contributed by atoms with Crippen LogP contribution >= 0.6 is 0 Å². The highest BCUT2D eigenvalue weighted by Gasteiger charge is 2.59. The molecule has 0 spiro atoms. The highest BCUT2D eigenvalue weighted by Crippen LogP contribution is 2.50. The topological polar surface area (TPSA) is 113 Å². The van der Waals surface area contributed by atoms with E-state index in [-0.39, 0.29) is 37.8 Å². The van der Waals surface area contributed by atoms with E-state index in [4.69, 9.17) is 23.7 Å². The van der Waals surface area contributed by atoms with Crippen molar-refractivity contribution >= 4 is 17.8 Å². The lowest BCUT2D eigenvalue weighted by molar-refractivity contribution is -0.178. The molecule has 2 aliphatic heterocycles. The summed E-state index contributed by atoms with van der Waals surface area (Å²) in [5.41, 5.74) is 2.44. The molecule has 0 bridgehead atoms. The number of esters is 1. The number of rotatable bonds is 17. The normalized spacial score (nSPS) is 21.3.